The summed E-state index contributed by atoms with van der Waals surface area (Å²) in [5.74, 6) is 0.604. The van der Waals surface area contributed by atoms with E-state index in [0.717, 1.165) is 11.1 Å². The first-order valence-electron chi connectivity index (χ1n) is 7.34. The average Bonchev–Trinajstić information content (AvgIpc) is 2.52. The second kappa shape index (κ2) is 7.85. The molecule has 0 fully saturated rings. The Kier molecular flexibility index (Phi) is 5.84. The van der Waals surface area contributed by atoms with Crippen LogP contribution in [0, 0.1) is 6.92 Å². The number of hydrogen-bond acceptors (Lipinski definition) is 2. The molecule has 22 heavy (non-hydrogen) atoms. The van der Waals surface area contributed by atoms with Crippen molar-refractivity contribution >= 4 is 17.5 Å². The first-order chi connectivity index (χ1) is 10.6. The van der Waals surface area contributed by atoms with Crippen molar-refractivity contribution in [1.82, 2.24) is 5.32 Å². The number of rotatable bonds is 6. The molecule has 0 aromatic heterocycles. The molecule has 1 atom stereocenters. The van der Waals surface area contributed by atoms with Crippen LogP contribution < -0.4 is 10.1 Å². The van der Waals surface area contributed by atoms with Gasteiger partial charge < -0.3 is 10.1 Å². The van der Waals surface area contributed by atoms with Crippen LogP contribution >= 0.6 is 11.6 Å². The fourth-order valence-electron chi connectivity index (χ4n) is 2.08. The van der Waals surface area contributed by atoms with E-state index in [9.17, 15) is 4.79 Å². The normalized spacial score (nSPS) is 11.8. The maximum absolute atomic E-state index is 12.2. The van der Waals surface area contributed by atoms with E-state index in [-0.39, 0.29) is 5.91 Å². The van der Waals surface area contributed by atoms with Crippen molar-refractivity contribution in [3.05, 3.63) is 64.7 Å². The highest BCUT2D eigenvalue weighted by molar-refractivity contribution is 6.30. The van der Waals surface area contributed by atoms with Crippen molar-refractivity contribution in [1.29, 1.82) is 0 Å². The zero-order chi connectivity index (χ0) is 15.9. The lowest BCUT2D eigenvalue weighted by Gasteiger charge is -2.17. The highest BCUT2D eigenvalue weighted by atomic mass is 35.5. The summed E-state index contributed by atoms with van der Waals surface area (Å²) in [5, 5.41) is 3.58. The summed E-state index contributed by atoms with van der Waals surface area (Å²) in [7, 11) is 0. The molecule has 1 unspecified atom stereocenters. The summed E-state index contributed by atoms with van der Waals surface area (Å²) in [4.78, 5) is 12.2. The van der Waals surface area contributed by atoms with Crippen molar-refractivity contribution < 1.29 is 9.53 Å². The molecule has 0 saturated heterocycles. The maximum atomic E-state index is 12.2. The average molecular weight is 318 g/mol. The van der Waals surface area contributed by atoms with Gasteiger partial charge in [-0.15, -0.1) is 0 Å². The van der Waals surface area contributed by atoms with Gasteiger partial charge >= 0.3 is 0 Å². The lowest BCUT2D eigenvalue weighted by molar-refractivity contribution is -0.128. The van der Waals surface area contributed by atoms with Crippen LogP contribution in [-0.4, -0.2) is 12.0 Å². The van der Waals surface area contributed by atoms with Gasteiger partial charge in [0.2, 0.25) is 0 Å². The number of carbonyl (C=O) groups excluding carboxylic acids is 1. The molecule has 2 aromatic carbocycles. The van der Waals surface area contributed by atoms with Crippen LogP contribution in [0.25, 0.3) is 0 Å². The van der Waals surface area contributed by atoms with Gasteiger partial charge in [0.15, 0.2) is 6.10 Å². The molecule has 116 valence electrons. The molecular weight excluding hydrogens is 298 g/mol. The van der Waals surface area contributed by atoms with E-state index in [1.54, 1.807) is 0 Å². The molecule has 0 aliphatic heterocycles. The lowest BCUT2D eigenvalue weighted by atomic mass is 10.2. The smallest absolute Gasteiger partial charge is 0.261 e. The van der Waals surface area contributed by atoms with Crippen LogP contribution in [0.15, 0.2) is 48.5 Å². The first-order valence-corrected chi connectivity index (χ1v) is 7.71. The maximum Gasteiger partial charge on any atom is 0.261 e. The van der Waals surface area contributed by atoms with Crippen molar-refractivity contribution in [3.63, 3.8) is 0 Å². The molecule has 2 rings (SSSR count). The molecule has 0 spiro atoms. The third-order valence-electron chi connectivity index (χ3n) is 3.31. The van der Waals surface area contributed by atoms with Crippen LogP contribution in [0.1, 0.15) is 24.5 Å². The largest absolute Gasteiger partial charge is 0.481 e. The van der Waals surface area contributed by atoms with E-state index >= 15 is 0 Å². The van der Waals surface area contributed by atoms with Crippen molar-refractivity contribution in [2.24, 2.45) is 0 Å². The minimum atomic E-state index is -0.492. The van der Waals surface area contributed by atoms with Gasteiger partial charge in [-0.05, 0) is 48.7 Å². The van der Waals surface area contributed by atoms with Gasteiger partial charge in [0.05, 0.1) is 0 Å². The monoisotopic (exact) mass is 317 g/mol. The number of amides is 1. The number of aryl methyl sites for hydroxylation is 1. The summed E-state index contributed by atoms with van der Waals surface area (Å²) < 4.78 is 5.78. The van der Waals surface area contributed by atoms with Crippen LogP contribution in [0.5, 0.6) is 5.75 Å². The third kappa shape index (κ3) is 4.78. The van der Waals surface area contributed by atoms with Crippen LogP contribution in [0.3, 0.4) is 0 Å². The van der Waals surface area contributed by atoms with E-state index in [4.69, 9.17) is 16.3 Å². The van der Waals surface area contributed by atoms with Crippen LogP contribution in [0.4, 0.5) is 0 Å². The summed E-state index contributed by atoms with van der Waals surface area (Å²) in [6.07, 6.45) is 0.120. The van der Waals surface area contributed by atoms with Gasteiger partial charge in [0, 0.05) is 11.6 Å². The highest BCUT2D eigenvalue weighted by Crippen LogP contribution is 2.15. The minimum absolute atomic E-state index is 0.112. The Labute approximate surface area is 136 Å². The third-order valence-corrected chi connectivity index (χ3v) is 3.56. The Morgan fingerprint density at radius 2 is 1.95 bits per heavy atom. The van der Waals surface area contributed by atoms with Crippen molar-refractivity contribution in [3.8, 4) is 5.75 Å². The molecule has 0 radical (unpaired) electrons. The number of benzene rings is 2. The van der Waals surface area contributed by atoms with Gasteiger partial charge in [-0.1, -0.05) is 42.8 Å². The van der Waals surface area contributed by atoms with E-state index < -0.39 is 6.10 Å². The van der Waals surface area contributed by atoms with Gasteiger partial charge in [-0.3, -0.25) is 4.79 Å². The molecule has 2 aromatic rings. The quantitative estimate of drug-likeness (QED) is 0.870. The van der Waals surface area contributed by atoms with Crippen LogP contribution in [0.2, 0.25) is 5.02 Å². The molecule has 1 N–H and O–H groups in total. The highest BCUT2D eigenvalue weighted by Gasteiger charge is 2.18. The number of hydrogen-bond donors (Lipinski definition) is 1. The van der Waals surface area contributed by atoms with Gasteiger partial charge in [-0.2, -0.15) is 0 Å². The summed E-state index contributed by atoms with van der Waals surface area (Å²) in [6, 6.07) is 15.1. The second-order valence-corrected chi connectivity index (χ2v) is 5.61. The fourth-order valence-corrected chi connectivity index (χ4v) is 2.21. The second-order valence-electron chi connectivity index (χ2n) is 5.18. The Balaban J connectivity index is 1.92. The van der Waals surface area contributed by atoms with E-state index in [1.165, 1.54) is 0 Å². The van der Waals surface area contributed by atoms with Gasteiger partial charge in [-0.25, -0.2) is 0 Å². The van der Waals surface area contributed by atoms with E-state index in [2.05, 4.69) is 5.32 Å². The Bertz CT molecular complexity index is 625. The van der Waals surface area contributed by atoms with Crippen molar-refractivity contribution in [2.45, 2.75) is 32.9 Å². The van der Waals surface area contributed by atoms with Gasteiger partial charge in [0.25, 0.3) is 5.91 Å². The molecule has 3 nitrogen and oxygen atoms in total. The molecule has 0 heterocycles. The molecular formula is C18H20ClNO2. The molecule has 0 aliphatic rings. The SMILES string of the molecule is CCC(Oc1cccc(C)c1)C(=O)NCc1ccc(Cl)cc1. The predicted molar refractivity (Wildman–Crippen MR) is 89.2 cm³/mol. The molecule has 4 heteroatoms. The zero-order valence-electron chi connectivity index (χ0n) is 12.8. The summed E-state index contributed by atoms with van der Waals surface area (Å²) in [6.45, 7) is 4.39. The number of nitrogens with one attached hydrogen (secondary N) is 1. The van der Waals surface area contributed by atoms with Crippen molar-refractivity contribution in [2.75, 3.05) is 0 Å². The lowest BCUT2D eigenvalue weighted by Crippen LogP contribution is -2.37. The zero-order valence-corrected chi connectivity index (χ0v) is 13.6. The standard InChI is InChI=1S/C18H20ClNO2/c1-3-17(22-16-6-4-5-13(2)11-16)18(21)20-12-14-7-9-15(19)10-8-14/h4-11,17H,3,12H2,1-2H3,(H,20,21). The van der Waals surface area contributed by atoms with E-state index in [0.29, 0.717) is 23.7 Å². The molecule has 0 bridgehead atoms. The fraction of sp³-hybridized carbons (Fsp3) is 0.278. The first kappa shape index (κ1) is 16.4. The Morgan fingerprint density at radius 1 is 1.23 bits per heavy atom. The number of halogens is 1. The molecule has 0 aliphatic carbocycles. The Hall–Kier alpha value is -2.00. The van der Waals surface area contributed by atoms with Crippen LogP contribution in [-0.2, 0) is 11.3 Å². The molecule has 1 amide bonds. The Morgan fingerprint density at radius 3 is 2.59 bits per heavy atom. The summed E-state index contributed by atoms with van der Waals surface area (Å²) in [5.41, 5.74) is 2.11. The minimum Gasteiger partial charge on any atom is -0.481 e. The number of ether oxygens (including phenoxy) is 1. The summed E-state index contributed by atoms with van der Waals surface area (Å²) >= 11 is 5.84. The van der Waals surface area contributed by atoms with E-state index in [1.807, 2.05) is 62.4 Å². The van der Waals surface area contributed by atoms with Gasteiger partial charge in [0.1, 0.15) is 5.75 Å². The molecule has 0 saturated carbocycles. The number of carbonyl (C=O) groups is 1. The topological polar surface area (TPSA) is 38.3 Å². The predicted octanol–water partition coefficient (Wildman–Crippen LogP) is 4.12.